The fourth-order valence-electron chi connectivity index (χ4n) is 0.0527. The molecule has 0 saturated heterocycles. The zero-order valence-corrected chi connectivity index (χ0v) is 3.81. The first-order chi connectivity index (χ1) is 2.81. The number of nitrogens with one attached hydrogen (secondary N) is 1. The van der Waals surface area contributed by atoms with E-state index in [1.807, 2.05) is 0 Å². The van der Waals surface area contributed by atoms with E-state index in [2.05, 4.69) is 0 Å². The summed E-state index contributed by atoms with van der Waals surface area (Å²) in [4.78, 5) is 0. The average Bonchev–Trinajstić information content (AvgIpc) is 1.65. The van der Waals surface area contributed by atoms with Gasteiger partial charge in [-0.2, -0.15) is 0 Å². The van der Waals surface area contributed by atoms with Crippen LogP contribution in [0.25, 0.3) is 0 Å². The maximum absolute atomic E-state index is 8.18. The van der Waals surface area contributed by atoms with Crippen LogP contribution in [0.4, 0.5) is 0 Å². The molecule has 0 heterocycles. The second-order valence-corrected chi connectivity index (χ2v) is 1.33. The molecule has 0 radical (unpaired) electrons. The molecule has 2 heteroatoms. The highest BCUT2D eigenvalue weighted by atomic mass is 16.3. The maximum Gasteiger partial charge on any atom is 0.0505 e. The van der Waals surface area contributed by atoms with Gasteiger partial charge in [0, 0.05) is 12.1 Å². The van der Waals surface area contributed by atoms with Gasteiger partial charge in [-0.15, -0.1) is 0 Å². The number of aliphatic hydroxyl groups is 1. The summed E-state index contributed by atoms with van der Waals surface area (Å²) in [6.45, 7) is 1.87. The monoisotopic (exact) mass is 87.1 g/mol. The largest absolute Gasteiger partial charge is 0.396 e. The van der Waals surface area contributed by atoms with E-state index in [9.17, 15) is 0 Å². The summed E-state index contributed by atoms with van der Waals surface area (Å²) in [5.41, 5.74) is 0. The third kappa shape index (κ3) is 1.91. The van der Waals surface area contributed by atoms with Crippen molar-refractivity contribution >= 4 is 6.21 Å². The smallest absolute Gasteiger partial charge is 0.0505 e. The highest BCUT2D eigenvalue weighted by Crippen LogP contribution is 1.81. The van der Waals surface area contributed by atoms with Crippen LogP contribution in [0.1, 0.15) is 6.92 Å². The van der Waals surface area contributed by atoms with E-state index in [4.69, 9.17) is 10.5 Å². The van der Waals surface area contributed by atoms with Gasteiger partial charge in [-0.05, 0) is 0 Å². The van der Waals surface area contributed by atoms with Crippen molar-refractivity contribution < 1.29 is 5.11 Å². The van der Waals surface area contributed by atoms with Crippen molar-refractivity contribution in [2.45, 2.75) is 6.92 Å². The summed E-state index contributed by atoms with van der Waals surface area (Å²) in [5, 5.41) is 14.7. The molecule has 0 rings (SSSR count). The van der Waals surface area contributed by atoms with Gasteiger partial charge in [-0.1, -0.05) is 6.92 Å². The molecule has 0 aromatic heterocycles. The standard InChI is InChI=1S/C4H9NO/c1-4(2-5)3-6/h2,4-6H,3H2,1H3/t4-/m0/s1. The summed E-state index contributed by atoms with van der Waals surface area (Å²) in [6, 6.07) is 0. The summed E-state index contributed by atoms with van der Waals surface area (Å²) in [5.74, 6) is 0.0324. The van der Waals surface area contributed by atoms with E-state index in [0.29, 0.717) is 0 Å². The normalized spacial score (nSPS) is 13.7. The van der Waals surface area contributed by atoms with Crippen molar-refractivity contribution in [3.05, 3.63) is 0 Å². The van der Waals surface area contributed by atoms with Crippen LogP contribution in [0.15, 0.2) is 0 Å². The first kappa shape index (κ1) is 5.63. The molecular weight excluding hydrogens is 78.0 g/mol. The molecule has 0 aromatic carbocycles. The predicted molar refractivity (Wildman–Crippen MR) is 25.0 cm³/mol. The van der Waals surface area contributed by atoms with Crippen molar-refractivity contribution in [1.29, 1.82) is 5.41 Å². The third-order valence-corrected chi connectivity index (χ3v) is 0.573. The van der Waals surface area contributed by atoms with E-state index < -0.39 is 0 Å². The topological polar surface area (TPSA) is 44.1 Å². The Morgan fingerprint density at radius 2 is 2.50 bits per heavy atom. The molecular formula is C4H9NO. The van der Waals surface area contributed by atoms with Gasteiger partial charge in [0.15, 0.2) is 0 Å². The van der Waals surface area contributed by atoms with E-state index in [-0.39, 0.29) is 12.5 Å². The molecule has 0 amide bonds. The molecule has 2 nitrogen and oxygen atoms in total. The Kier molecular flexibility index (Phi) is 2.67. The molecule has 36 valence electrons. The van der Waals surface area contributed by atoms with Crippen LogP contribution >= 0.6 is 0 Å². The molecule has 0 bridgehead atoms. The summed E-state index contributed by atoms with van der Waals surface area (Å²) in [7, 11) is 0. The molecule has 0 spiro atoms. The van der Waals surface area contributed by atoms with Crippen LogP contribution in [0, 0.1) is 11.3 Å². The summed E-state index contributed by atoms with van der Waals surface area (Å²) >= 11 is 0. The molecule has 0 aromatic rings. The summed E-state index contributed by atoms with van der Waals surface area (Å²) in [6.07, 6.45) is 1.22. The highest BCUT2D eigenvalue weighted by molar-refractivity contribution is 5.55. The average molecular weight is 87.1 g/mol. The molecule has 0 aliphatic rings. The highest BCUT2D eigenvalue weighted by Gasteiger charge is 1.87. The van der Waals surface area contributed by atoms with E-state index in [1.54, 1.807) is 6.92 Å². The first-order valence-corrected chi connectivity index (χ1v) is 1.92. The second kappa shape index (κ2) is 2.85. The fourth-order valence-corrected chi connectivity index (χ4v) is 0.0527. The van der Waals surface area contributed by atoms with Crippen molar-refractivity contribution in [3.63, 3.8) is 0 Å². The Labute approximate surface area is 37.3 Å². The minimum Gasteiger partial charge on any atom is -0.396 e. The minimum atomic E-state index is 0.0324. The molecule has 0 fully saturated rings. The zero-order chi connectivity index (χ0) is 4.99. The predicted octanol–water partition coefficient (Wildman–Crippen LogP) is 0.264. The molecule has 0 unspecified atom stereocenters. The van der Waals surface area contributed by atoms with Crippen molar-refractivity contribution in [1.82, 2.24) is 0 Å². The van der Waals surface area contributed by atoms with E-state index >= 15 is 0 Å². The van der Waals surface area contributed by atoms with Gasteiger partial charge in [0.2, 0.25) is 0 Å². The third-order valence-electron chi connectivity index (χ3n) is 0.573. The van der Waals surface area contributed by atoms with E-state index in [0.717, 1.165) is 0 Å². The SMILES string of the molecule is C[C@@H](C=N)CO. The van der Waals surface area contributed by atoms with Gasteiger partial charge in [-0.25, -0.2) is 0 Å². The maximum atomic E-state index is 8.18. The molecule has 0 aliphatic heterocycles. The Morgan fingerprint density at radius 3 is 2.50 bits per heavy atom. The van der Waals surface area contributed by atoms with Gasteiger partial charge in [-0.3, -0.25) is 0 Å². The van der Waals surface area contributed by atoms with Gasteiger partial charge in [0.25, 0.3) is 0 Å². The van der Waals surface area contributed by atoms with E-state index in [1.165, 1.54) is 6.21 Å². The van der Waals surface area contributed by atoms with Gasteiger partial charge >= 0.3 is 0 Å². The lowest BCUT2D eigenvalue weighted by Crippen LogP contribution is -1.99. The Morgan fingerprint density at radius 1 is 2.00 bits per heavy atom. The second-order valence-electron chi connectivity index (χ2n) is 1.33. The lowest BCUT2D eigenvalue weighted by molar-refractivity contribution is 0.271. The number of rotatable bonds is 2. The number of hydrogen-bond donors (Lipinski definition) is 2. The van der Waals surface area contributed by atoms with Crippen LogP contribution in [-0.2, 0) is 0 Å². The number of aliphatic hydroxyl groups excluding tert-OH is 1. The molecule has 0 aliphatic carbocycles. The van der Waals surface area contributed by atoms with Crippen molar-refractivity contribution in [2.75, 3.05) is 6.61 Å². The lowest BCUT2D eigenvalue weighted by atomic mass is 10.2. The van der Waals surface area contributed by atoms with Crippen LogP contribution in [0.3, 0.4) is 0 Å². The lowest BCUT2D eigenvalue weighted by Gasteiger charge is -1.91. The molecule has 0 saturated carbocycles. The quantitative estimate of drug-likeness (QED) is 0.466. The Bertz CT molecular complexity index is 44.8. The zero-order valence-electron chi connectivity index (χ0n) is 3.81. The molecule has 6 heavy (non-hydrogen) atoms. The van der Waals surface area contributed by atoms with Gasteiger partial charge in [0.05, 0.1) is 6.61 Å². The van der Waals surface area contributed by atoms with Crippen LogP contribution in [-0.4, -0.2) is 17.9 Å². The van der Waals surface area contributed by atoms with Crippen molar-refractivity contribution in [2.24, 2.45) is 5.92 Å². The van der Waals surface area contributed by atoms with Crippen LogP contribution in [0.5, 0.6) is 0 Å². The summed E-state index contributed by atoms with van der Waals surface area (Å²) < 4.78 is 0. The molecule has 1 atom stereocenters. The van der Waals surface area contributed by atoms with Gasteiger partial charge < -0.3 is 10.5 Å². The Hall–Kier alpha value is -0.370. The Balaban J connectivity index is 2.96. The number of hydrogen-bond acceptors (Lipinski definition) is 2. The van der Waals surface area contributed by atoms with Crippen LogP contribution < -0.4 is 0 Å². The van der Waals surface area contributed by atoms with Crippen molar-refractivity contribution in [3.8, 4) is 0 Å². The van der Waals surface area contributed by atoms with Gasteiger partial charge in [0.1, 0.15) is 0 Å². The minimum absolute atomic E-state index is 0.0324. The molecule has 2 N–H and O–H groups in total. The van der Waals surface area contributed by atoms with Crippen LogP contribution in [0.2, 0.25) is 0 Å². The first-order valence-electron chi connectivity index (χ1n) is 1.92. The fraction of sp³-hybridized carbons (Fsp3) is 0.750.